The summed E-state index contributed by atoms with van der Waals surface area (Å²) in [6, 6.07) is 0. The van der Waals surface area contributed by atoms with Crippen LogP contribution < -0.4 is 0 Å². The van der Waals surface area contributed by atoms with E-state index in [1.54, 1.807) is 6.92 Å². The Kier molecular flexibility index (Phi) is 4.72. The number of hydrogen-bond acceptors (Lipinski definition) is 3. The first kappa shape index (κ1) is 12.0. The molecule has 0 bridgehead atoms. The van der Waals surface area contributed by atoms with Gasteiger partial charge in [0.1, 0.15) is 0 Å². The summed E-state index contributed by atoms with van der Waals surface area (Å²) in [6.07, 6.45) is -0.124. The summed E-state index contributed by atoms with van der Waals surface area (Å²) in [5.41, 5.74) is 0. The number of carboxylic acids is 1. The van der Waals surface area contributed by atoms with Crippen LogP contribution in [0.5, 0.6) is 0 Å². The quantitative estimate of drug-likeness (QED) is 0.565. The molecular weight excluding hydrogens is 175 g/mol. The van der Waals surface area contributed by atoms with Crippen LogP contribution >= 0.6 is 0 Å². The van der Waals surface area contributed by atoms with Gasteiger partial charge in [0.05, 0.1) is 12.7 Å². The third kappa shape index (κ3) is 2.76. The number of aliphatic carboxylic acids is 1. The molecule has 1 fully saturated rings. The van der Waals surface area contributed by atoms with Crippen molar-refractivity contribution >= 4 is 57.4 Å². The third-order valence-corrected chi connectivity index (χ3v) is 1.41. The van der Waals surface area contributed by atoms with Crippen LogP contribution in [0.2, 0.25) is 0 Å². The van der Waals surface area contributed by atoms with Crippen molar-refractivity contribution in [3.8, 4) is 0 Å². The SMILES string of the molecule is CC1COC(C)(C(=O)O)O1.[KH]. The van der Waals surface area contributed by atoms with Gasteiger partial charge in [0, 0.05) is 6.92 Å². The first-order valence-corrected chi connectivity index (χ1v) is 3.10. The molecule has 5 heteroatoms. The van der Waals surface area contributed by atoms with Crippen molar-refractivity contribution in [1.82, 2.24) is 0 Å². The molecule has 60 valence electrons. The molecule has 1 N–H and O–H groups in total. The Morgan fingerprint density at radius 2 is 2.27 bits per heavy atom. The molecule has 1 aliphatic rings. The summed E-state index contributed by atoms with van der Waals surface area (Å²) in [5, 5.41) is 8.54. The summed E-state index contributed by atoms with van der Waals surface area (Å²) in [7, 11) is 0. The maximum absolute atomic E-state index is 10.4. The number of ether oxygens (including phenoxy) is 2. The van der Waals surface area contributed by atoms with E-state index in [-0.39, 0.29) is 57.5 Å². The Balaban J connectivity index is 0.000001000. The van der Waals surface area contributed by atoms with Gasteiger partial charge >= 0.3 is 57.4 Å². The number of carbonyl (C=O) groups is 1. The summed E-state index contributed by atoms with van der Waals surface area (Å²) < 4.78 is 9.88. The number of rotatable bonds is 1. The van der Waals surface area contributed by atoms with E-state index in [1.807, 2.05) is 0 Å². The van der Waals surface area contributed by atoms with Gasteiger partial charge in [-0.1, -0.05) is 0 Å². The second-order valence-electron chi connectivity index (χ2n) is 2.49. The zero-order valence-corrected chi connectivity index (χ0v) is 5.96. The molecule has 1 rings (SSSR count). The zero-order chi connectivity index (χ0) is 7.78. The minimum absolute atomic E-state index is 0. The van der Waals surface area contributed by atoms with Gasteiger partial charge in [-0.3, -0.25) is 0 Å². The van der Waals surface area contributed by atoms with Gasteiger partial charge in [-0.25, -0.2) is 4.79 Å². The van der Waals surface area contributed by atoms with E-state index in [2.05, 4.69) is 0 Å². The molecule has 0 spiro atoms. The van der Waals surface area contributed by atoms with Crippen LogP contribution in [-0.2, 0) is 14.3 Å². The van der Waals surface area contributed by atoms with Crippen LogP contribution in [0.1, 0.15) is 13.8 Å². The van der Waals surface area contributed by atoms with Crippen LogP contribution in [0.25, 0.3) is 0 Å². The molecule has 0 aliphatic carbocycles. The Morgan fingerprint density at radius 3 is 2.45 bits per heavy atom. The summed E-state index contributed by atoms with van der Waals surface area (Å²) in [5.74, 6) is -2.49. The number of carboxylic acid groups (broad SMARTS) is 1. The molecule has 0 aromatic carbocycles. The second kappa shape index (κ2) is 4.32. The Morgan fingerprint density at radius 1 is 1.73 bits per heavy atom. The van der Waals surface area contributed by atoms with Gasteiger partial charge in [0.15, 0.2) is 0 Å². The van der Waals surface area contributed by atoms with Gasteiger partial charge in [0.25, 0.3) is 5.79 Å². The molecule has 0 saturated carbocycles. The van der Waals surface area contributed by atoms with Crippen molar-refractivity contribution in [1.29, 1.82) is 0 Å². The van der Waals surface area contributed by atoms with Crippen LogP contribution in [0.3, 0.4) is 0 Å². The topological polar surface area (TPSA) is 55.8 Å². The summed E-state index contributed by atoms with van der Waals surface area (Å²) in [4.78, 5) is 10.4. The molecule has 0 aromatic heterocycles. The van der Waals surface area contributed by atoms with E-state index < -0.39 is 11.8 Å². The Hall–Kier alpha value is 1.03. The van der Waals surface area contributed by atoms with Gasteiger partial charge in [0.2, 0.25) is 0 Å². The van der Waals surface area contributed by atoms with Crippen molar-refractivity contribution < 1.29 is 19.4 Å². The van der Waals surface area contributed by atoms with E-state index >= 15 is 0 Å². The average Bonchev–Trinajstić information content (AvgIpc) is 2.13. The first-order valence-electron chi connectivity index (χ1n) is 3.10. The zero-order valence-electron chi connectivity index (χ0n) is 5.96. The summed E-state index contributed by atoms with van der Waals surface area (Å²) in [6.45, 7) is 3.52. The van der Waals surface area contributed by atoms with Gasteiger partial charge < -0.3 is 14.6 Å². The van der Waals surface area contributed by atoms with Crippen molar-refractivity contribution in [3.63, 3.8) is 0 Å². The fraction of sp³-hybridized carbons (Fsp3) is 0.833. The van der Waals surface area contributed by atoms with Crippen molar-refractivity contribution in [2.45, 2.75) is 25.7 Å². The predicted molar refractivity (Wildman–Crippen MR) is 39.7 cm³/mol. The van der Waals surface area contributed by atoms with Crippen LogP contribution in [0, 0.1) is 0 Å². The van der Waals surface area contributed by atoms with E-state index in [0.717, 1.165) is 0 Å². The molecule has 1 heterocycles. The minimum atomic E-state index is -1.42. The summed E-state index contributed by atoms with van der Waals surface area (Å²) >= 11 is 0. The molecule has 1 aliphatic heterocycles. The Bertz CT molecular complexity index is 161. The first-order chi connectivity index (χ1) is 4.54. The fourth-order valence-electron chi connectivity index (χ4n) is 0.840. The molecule has 0 amide bonds. The van der Waals surface area contributed by atoms with Crippen molar-refractivity contribution in [3.05, 3.63) is 0 Å². The van der Waals surface area contributed by atoms with Gasteiger partial charge in [-0.15, -0.1) is 0 Å². The maximum atomic E-state index is 10.4. The van der Waals surface area contributed by atoms with E-state index in [1.165, 1.54) is 6.92 Å². The molecule has 0 radical (unpaired) electrons. The van der Waals surface area contributed by atoms with Crippen LogP contribution in [0.4, 0.5) is 0 Å². The van der Waals surface area contributed by atoms with Crippen molar-refractivity contribution in [2.75, 3.05) is 6.61 Å². The molecule has 2 atom stereocenters. The van der Waals surface area contributed by atoms with E-state index in [4.69, 9.17) is 14.6 Å². The molecule has 4 nitrogen and oxygen atoms in total. The molecule has 2 unspecified atom stereocenters. The van der Waals surface area contributed by atoms with Crippen molar-refractivity contribution in [2.24, 2.45) is 0 Å². The van der Waals surface area contributed by atoms with Gasteiger partial charge in [-0.2, -0.15) is 0 Å². The van der Waals surface area contributed by atoms with E-state index in [9.17, 15) is 4.79 Å². The molecular formula is C6H11KO4. The number of hydrogen-bond donors (Lipinski definition) is 1. The Labute approximate surface area is 108 Å². The fourth-order valence-corrected chi connectivity index (χ4v) is 0.840. The third-order valence-electron chi connectivity index (χ3n) is 1.41. The molecule has 11 heavy (non-hydrogen) atoms. The van der Waals surface area contributed by atoms with Gasteiger partial charge in [-0.05, 0) is 6.92 Å². The van der Waals surface area contributed by atoms with Crippen LogP contribution in [-0.4, -0.2) is 81.0 Å². The average molecular weight is 186 g/mol. The normalized spacial score (nSPS) is 36.4. The molecule has 1 saturated heterocycles. The van der Waals surface area contributed by atoms with E-state index in [0.29, 0.717) is 6.61 Å². The van der Waals surface area contributed by atoms with Crippen LogP contribution in [0.15, 0.2) is 0 Å². The standard InChI is InChI=1S/C6H10O4.K.H/c1-4-3-9-6(2,10-4)5(7)8;;/h4H,3H2,1-2H3,(H,7,8);;. The second-order valence-corrected chi connectivity index (χ2v) is 2.49. The molecule has 0 aromatic rings. The monoisotopic (exact) mass is 186 g/mol. The predicted octanol–water partition coefficient (Wildman–Crippen LogP) is -0.426.